The van der Waals surface area contributed by atoms with Crippen LogP contribution < -0.4 is 5.32 Å². The minimum absolute atomic E-state index is 0.417. The van der Waals surface area contributed by atoms with E-state index in [4.69, 9.17) is 0 Å². The molecule has 0 unspecified atom stereocenters. The zero-order valence-corrected chi connectivity index (χ0v) is 14.7. The summed E-state index contributed by atoms with van der Waals surface area (Å²) in [4.78, 5) is 12.7. The average molecular weight is 350 g/mol. The number of rotatable bonds is 5. The summed E-state index contributed by atoms with van der Waals surface area (Å²) < 4.78 is 27.1. The third-order valence-electron chi connectivity index (χ3n) is 4.33. The second-order valence-corrected chi connectivity index (χ2v) is 8.25. The fourth-order valence-electron chi connectivity index (χ4n) is 2.85. The van der Waals surface area contributed by atoms with Crippen LogP contribution in [0.2, 0.25) is 0 Å². The predicted octanol–water partition coefficient (Wildman–Crippen LogP) is 0.955. The van der Waals surface area contributed by atoms with Crippen molar-refractivity contribution in [2.75, 3.05) is 39.0 Å². The first kappa shape index (κ1) is 17.0. The van der Waals surface area contributed by atoms with Gasteiger partial charge in [0.1, 0.15) is 12.1 Å². The quantitative estimate of drug-likeness (QED) is 0.863. The van der Waals surface area contributed by atoms with Gasteiger partial charge in [-0.2, -0.15) is 17.0 Å². The van der Waals surface area contributed by atoms with Crippen LogP contribution in [0.1, 0.15) is 12.8 Å². The van der Waals surface area contributed by atoms with E-state index in [1.54, 1.807) is 24.6 Å². The Morgan fingerprint density at radius 2 is 2.00 bits per heavy atom. The second kappa shape index (κ2) is 6.96. The van der Waals surface area contributed by atoms with Gasteiger partial charge in [0.2, 0.25) is 0 Å². The topological polar surface area (TPSA) is 91.3 Å². The molecular weight excluding hydrogens is 328 g/mol. The summed E-state index contributed by atoms with van der Waals surface area (Å²) in [6.07, 6.45) is 4.88. The van der Waals surface area contributed by atoms with E-state index in [9.17, 15) is 8.42 Å². The SMILES string of the molecule is CN(C)S(=O)(=O)N1CCC(CNc2ncnc3ncccc23)CC1. The summed E-state index contributed by atoms with van der Waals surface area (Å²) in [5, 5.41) is 4.26. The number of hydrogen-bond acceptors (Lipinski definition) is 6. The second-order valence-electron chi connectivity index (χ2n) is 6.11. The fraction of sp³-hybridized carbons (Fsp3) is 0.533. The van der Waals surface area contributed by atoms with Crippen molar-refractivity contribution in [3.63, 3.8) is 0 Å². The molecular formula is C15H22N6O2S. The number of aromatic nitrogens is 3. The van der Waals surface area contributed by atoms with Crippen molar-refractivity contribution >= 4 is 27.1 Å². The van der Waals surface area contributed by atoms with Gasteiger partial charge in [-0.1, -0.05) is 0 Å². The number of fused-ring (bicyclic) bond motifs is 1. The molecule has 3 rings (SSSR count). The molecule has 9 heteroatoms. The molecule has 0 aliphatic carbocycles. The molecule has 1 aliphatic heterocycles. The Labute approximate surface area is 142 Å². The van der Waals surface area contributed by atoms with Gasteiger partial charge in [-0.05, 0) is 30.9 Å². The van der Waals surface area contributed by atoms with Gasteiger partial charge < -0.3 is 5.32 Å². The van der Waals surface area contributed by atoms with Gasteiger partial charge >= 0.3 is 0 Å². The lowest BCUT2D eigenvalue weighted by atomic mass is 9.98. The van der Waals surface area contributed by atoms with E-state index in [0.717, 1.165) is 30.6 Å². The van der Waals surface area contributed by atoms with Crippen molar-refractivity contribution in [3.05, 3.63) is 24.7 Å². The van der Waals surface area contributed by atoms with E-state index in [-0.39, 0.29) is 0 Å². The number of anilines is 1. The normalized spacial score (nSPS) is 17.5. The van der Waals surface area contributed by atoms with Crippen LogP contribution in [-0.2, 0) is 10.2 Å². The molecule has 1 N–H and O–H groups in total. The molecule has 3 heterocycles. The minimum atomic E-state index is -3.30. The molecule has 0 saturated carbocycles. The first-order chi connectivity index (χ1) is 11.5. The van der Waals surface area contributed by atoms with Crippen LogP contribution in [0.5, 0.6) is 0 Å². The Hall–Kier alpha value is -1.84. The molecule has 0 atom stereocenters. The van der Waals surface area contributed by atoms with Gasteiger partial charge in [0, 0.05) is 39.9 Å². The largest absolute Gasteiger partial charge is 0.369 e. The number of nitrogens with one attached hydrogen (secondary N) is 1. The summed E-state index contributed by atoms with van der Waals surface area (Å²) in [5.74, 6) is 1.19. The smallest absolute Gasteiger partial charge is 0.281 e. The van der Waals surface area contributed by atoms with E-state index in [1.165, 1.54) is 10.6 Å². The molecule has 130 valence electrons. The van der Waals surface area contributed by atoms with E-state index < -0.39 is 10.2 Å². The Balaban J connectivity index is 1.59. The molecule has 0 bridgehead atoms. The Bertz CT molecular complexity index is 797. The maximum absolute atomic E-state index is 12.1. The lowest BCUT2D eigenvalue weighted by molar-refractivity contribution is 0.270. The summed E-state index contributed by atoms with van der Waals surface area (Å²) >= 11 is 0. The first-order valence-corrected chi connectivity index (χ1v) is 9.35. The first-order valence-electron chi connectivity index (χ1n) is 7.95. The standard InChI is InChI=1S/C15H22N6O2S/c1-20(2)24(22,23)21-8-5-12(6-9-21)10-17-15-13-4-3-7-16-14(13)18-11-19-15/h3-4,7,11-12H,5-6,8-10H2,1-2H3,(H,16,17,18,19). The maximum atomic E-state index is 12.1. The number of piperidine rings is 1. The van der Waals surface area contributed by atoms with Crippen molar-refractivity contribution in [2.45, 2.75) is 12.8 Å². The van der Waals surface area contributed by atoms with Crippen molar-refractivity contribution < 1.29 is 8.42 Å². The number of hydrogen-bond donors (Lipinski definition) is 1. The average Bonchev–Trinajstić information content (AvgIpc) is 2.60. The summed E-state index contributed by atoms with van der Waals surface area (Å²) in [7, 11) is -0.169. The third kappa shape index (κ3) is 3.47. The van der Waals surface area contributed by atoms with Crippen LogP contribution in [-0.4, -0.2) is 65.7 Å². The lowest BCUT2D eigenvalue weighted by Crippen LogP contribution is -2.45. The Morgan fingerprint density at radius 1 is 1.25 bits per heavy atom. The van der Waals surface area contributed by atoms with E-state index in [1.807, 2.05) is 12.1 Å². The van der Waals surface area contributed by atoms with E-state index in [0.29, 0.717) is 24.7 Å². The van der Waals surface area contributed by atoms with Gasteiger partial charge in [0.25, 0.3) is 10.2 Å². The molecule has 1 saturated heterocycles. The van der Waals surface area contributed by atoms with Crippen molar-refractivity contribution in [2.24, 2.45) is 5.92 Å². The summed E-state index contributed by atoms with van der Waals surface area (Å²) in [6.45, 7) is 1.87. The Morgan fingerprint density at radius 3 is 2.71 bits per heavy atom. The predicted molar refractivity (Wildman–Crippen MR) is 92.7 cm³/mol. The van der Waals surface area contributed by atoms with E-state index in [2.05, 4.69) is 20.3 Å². The maximum Gasteiger partial charge on any atom is 0.281 e. The van der Waals surface area contributed by atoms with Gasteiger partial charge in [0.15, 0.2) is 5.65 Å². The third-order valence-corrected chi connectivity index (χ3v) is 6.27. The van der Waals surface area contributed by atoms with Crippen LogP contribution in [0, 0.1) is 5.92 Å². The van der Waals surface area contributed by atoms with Crippen molar-refractivity contribution in [1.82, 2.24) is 23.6 Å². The summed E-state index contributed by atoms with van der Waals surface area (Å²) in [6, 6.07) is 3.80. The van der Waals surface area contributed by atoms with Crippen LogP contribution in [0.3, 0.4) is 0 Å². The highest BCUT2D eigenvalue weighted by Crippen LogP contribution is 2.22. The molecule has 0 spiro atoms. The lowest BCUT2D eigenvalue weighted by Gasteiger charge is -2.32. The van der Waals surface area contributed by atoms with Gasteiger partial charge in [-0.25, -0.2) is 15.0 Å². The molecule has 8 nitrogen and oxygen atoms in total. The highest BCUT2D eigenvalue weighted by molar-refractivity contribution is 7.86. The molecule has 0 aromatic carbocycles. The van der Waals surface area contributed by atoms with Crippen molar-refractivity contribution in [1.29, 1.82) is 0 Å². The molecule has 24 heavy (non-hydrogen) atoms. The van der Waals surface area contributed by atoms with Gasteiger partial charge in [-0.15, -0.1) is 0 Å². The van der Waals surface area contributed by atoms with Gasteiger partial charge in [0.05, 0.1) is 5.39 Å². The monoisotopic (exact) mass is 350 g/mol. The van der Waals surface area contributed by atoms with Crippen molar-refractivity contribution in [3.8, 4) is 0 Å². The molecule has 2 aromatic rings. The van der Waals surface area contributed by atoms with Crippen LogP contribution >= 0.6 is 0 Å². The van der Waals surface area contributed by atoms with Crippen LogP contribution in [0.4, 0.5) is 5.82 Å². The highest BCUT2D eigenvalue weighted by atomic mass is 32.2. The fourth-order valence-corrected chi connectivity index (χ4v) is 3.99. The molecule has 0 radical (unpaired) electrons. The summed E-state index contributed by atoms with van der Waals surface area (Å²) in [5.41, 5.74) is 0.668. The van der Waals surface area contributed by atoms with Crippen LogP contribution in [0.15, 0.2) is 24.7 Å². The van der Waals surface area contributed by atoms with Gasteiger partial charge in [-0.3, -0.25) is 0 Å². The molecule has 1 aliphatic rings. The van der Waals surface area contributed by atoms with E-state index >= 15 is 0 Å². The van der Waals surface area contributed by atoms with Crippen LogP contribution in [0.25, 0.3) is 11.0 Å². The zero-order chi connectivity index (χ0) is 17.2. The minimum Gasteiger partial charge on any atom is -0.369 e. The highest BCUT2D eigenvalue weighted by Gasteiger charge is 2.29. The molecule has 0 amide bonds. The number of pyridine rings is 1. The zero-order valence-electron chi connectivity index (χ0n) is 13.9. The molecule has 2 aromatic heterocycles. The molecule has 1 fully saturated rings. The number of nitrogens with zero attached hydrogens (tertiary/aromatic N) is 5. The Kier molecular flexibility index (Phi) is 4.93.